The summed E-state index contributed by atoms with van der Waals surface area (Å²) in [4.78, 5) is 27.9. The number of benzene rings is 2. The van der Waals surface area contributed by atoms with Gasteiger partial charge < -0.3 is 15.0 Å². The molecule has 1 unspecified atom stereocenters. The van der Waals surface area contributed by atoms with Gasteiger partial charge >= 0.3 is 0 Å². The Morgan fingerprint density at radius 2 is 1.89 bits per heavy atom. The maximum absolute atomic E-state index is 13.8. The van der Waals surface area contributed by atoms with Gasteiger partial charge in [0.15, 0.2) is 0 Å². The number of nitrogens with one attached hydrogen (secondary N) is 1. The number of rotatable bonds is 7. The molecule has 7 nitrogen and oxygen atoms in total. The van der Waals surface area contributed by atoms with Crippen LogP contribution in [0, 0.1) is 23.6 Å². The third kappa shape index (κ3) is 4.94. The number of carbonyl (C=O) groups excluding carboxylic acids is 2. The number of likely N-dealkylation sites (tertiary alicyclic amines) is 1. The summed E-state index contributed by atoms with van der Waals surface area (Å²) in [6.07, 6.45) is 0.833. The van der Waals surface area contributed by atoms with Crippen LogP contribution in [-0.2, 0) is 13.5 Å². The summed E-state index contributed by atoms with van der Waals surface area (Å²) in [7, 11) is 3.32. The molecule has 2 aliphatic rings. The summed E-state index contributed by atoms with van der Waals surface area (Å²) < 4.78 is 20.8. The molecule has 1 N–H and O–H groups in total. The van der Waals surface area contributed by atoms with E-state index in [0.717, 1.165) is 12.1 Å². The molecule has 194 valence electrons. The molecule has 1 aromatic heterocycles. The van der Waals surface area contributed by atoms with Crippen molar-refractivity contribution in [3.05, 3.63) is 70.3 Å². The van der Waals surface area contributed by atoms with E-state index in [1.54, 1.807) is 36.0 Å². The van der Waals surface area contributed by atoms with Crippen LogP contribution in [0.5, 0.6) is 5.75 Å². The fourth-order valence-electron chi connectivity index (χ4n) is 5.31. The summed E-state index contributed by atoms with van der Waals surface area (Å²) in [6.45, 7) is 5.46. The molecule has 37 heavy (non-hydrogen) atoms. The summed E-state index contributed by atoms with van der Waals surface area (Å²) in [6, 6.07) is 11.2. The van der Waals surface area contributed by atoms with Gasteiger partial charge in [0.2, 0.25) is 0 Å². The summed E-state index contributed by atoms with van der Waals surface area (Å²) in [5.41, 5.74) is 3.09. The van der Waals surface area contributed by atoms with Crippen molar-refractivity contribution in [3.8, 4) is 16.9 Å². The number of amides is 2. The third-order valence-electron chi connectivity index (χ3n) is 7.23. The Kier molecular flexibility index (Phi) is 6.70. The summed E-state index contributed by atoms with van der Waals surface area (Å²) in [5, 5.41) is 7.84. The number of aryl methyl sites for hydroxylation is 1. The zero-order valence-electron chi connectivity index (χ0n) is 21.3. The predicted molar refractivity (Wildman–Crippen MR) is 139 cm³/mol. The molecule has 1 aliphatic heterocycles. The van der Waals surface area contributed by atoms with Crippen molar-refractivity contribution in [1.29, 1.82) is 0 Å². The molecule has 2 amide bonds. The monoisotopic (exact) mass is 524 g/mol. The molecule has 0 spiro atoms. The molecule has 1 saturated carbocycles. The highest BCUT2D eigenvalue weighted by atomic mass is 35.5. The number of hydrogen-bond acceptors (Lipinski definition) is 4. The van der Waals surface area contributed by atoms with Crippen LogP contribution in [0.25, 0.3) is 11.1 Å². The van der Waals surface area contributed by atoms with E-state index in [1.165, 1.54) is 19.2 Å². The van der Waals surface area contributed by atoms with Crippen molar-refractivity contribution in [1.82, 2.24) is 20.0 Å². The van der Waals surface area contributed by atoms with Crippen LogP contribution in [0.2, 0.25) is 5.02 Å². The minimum absolute atomic E-state index is 0.0126. The molecule has 2 fully saturated rings. The molecule has 5 rings (SSSR count). The first kappa shape index (κ1) is 25.3. The van der Waals surface area contributed by atoms with E-state index in [9.17, 15) is 14.0 Å². The van der Waals surface area contributed by atoms with Gasteiger partial charge in [0, 0.05) is 43.6 Å². The topological polar surface area (TPSA) is 76.5 Å². The Morgan fingerprint density at radius 3 is 2.54 bits per heavy atom. The first-order chi connectivity index (χ1) is 17.7. The second-order valence-electron chi connectivity index (χ2n) is 10.3. The van der Waals surface area contributed by atoms with Gasteiger partial charge in [-0.1, -0.05) is 31.5 Å². The van der Waals surface area contributed by atoms with Gasteiger partial charge in [-0.3, -0.25) is 14.3 Å². The van der Waals surface area contributed by atoms with Crippen molar-refractivity contribution in [2.45, 2.75) is 26.3 Å². The largest absolute Gasteiger partial charge is 0.496 e. The second kappa shape index (κ2) is 9.82. The predicted octanol–water partition coefficient (Wildman–Crippen LogP) is 4.59. The summed E-state index contributed by atoms with van der Waals surface area (Å²) >= 11 is 6.46. The van der Waals surface area contributed by atoms with Crippen molar-refractivity contribution in [2.24, 2.45) is 24.8 Å². The van der Waals surface area contributed by atoms with Gasteiger partial charge in [-0.2, -0.15) is 5.10 Å². The number of piperidine rings is 1. The molecule has 3 atom stereocenters. The van der Waals surface area contributed by atoms with Gasteiger partial charge in [0.25, 0.3) is 11.8 Å². The number of fused-ring (bicyclic) bond motifs is 1. The Morgan fingerprint density at radius 1 is 1.16 bits per heavy atom. The minimum Gasteiger partial charge on any atom is -0.496 e. The lowest BCUT2D eigenvalue weighted by atomic mass is 10.0. The highest BCUT2D eigenvalue weighted by Crippen LogP contribution is 2.46. The number of ether oxygens (including phenoxy) is 1. The molecular weight excluding hydrogens is 495 g/mol. The molecule has 3 aromatic rings. The van der Waals surface area contributed by atoms with Crippen LogP contribution >= 0.6 is 11.6 Å². The van der Waals surface area contributed by atoms with E-state index >= 15 is 0 Å². The SMILES string of the molecule is COc1ccc(F)cc1-c1ccc(C(=O)NC2[C@H]3CN(C(=O)c4cc(CC(C)C)nn4C)C[C@@H]23)c(Cl)c1. The van der Waals surface area contributed by atoms with Gasteiger partial charge in [0.1, 0.15) is 17.3 Å². The van der Waals surface area contributed by atoms with Crippen LogP contribution in [0.4, 0.5) is 4.39 Å². The Labute approximate surface area is 220 Å². The maximum atomic E-state index is 13.8. The third-order valence-corrected chi connectivity index (χ3v) is 7.54. The zero-order valence-corrected chi connectivity index (χ0v) is 22.1. The van der Waals surface area contributed by atoms with Crippen molar-refractivity contribution in [2.75, 3.05) is 20.2 Å². The van der Waals surface area contributed by atoms with E-state index in [1.807, 2.05) is 11.0 Å². The molecule has 0 radical (unpaired) electrons. The van der Waals surface area contributed by atoms with Crippen LogP contribution in [0.15, 0.2) is 42.5 Å². The first-order valence-electron chi connectivity index (χ1n) is 12.4. The molecule has 2 aromatic carbocycles. The van der Waals surface area contributed by atoms with Gasteiger partial charge in [-0.05, 0) is 54.3 Å². The maximum Gasteiger partial charge on any atom is 0.272 e. The highest BCUT2D eigenvalue weighted by Gasteiger charge is 2.57. The van der Waals surface area contributed by atoms with Gasteiger partial charge in [-0.15, -0.1) is 0 Å². The quantitative estimate of drug-likeness (QED) is 0.490. The lowest BCUT2D eigenvalue weighted by Gasteiger charge is -2.20. The normalized spacial score (nSPS) is 20.2. The van der Waals surface area contributed by atoms with Crippen molar-refractivity contribution in [3.63, 3.8) is 0 Å². The lowest BCUT2D eigenvalue weighted by molar-refractivity contribution is 0.0758. The Balaban J connectivity index is 1.21. The zero-order chi connectivity index (χ0) is 26.4. The first-order valence-corrected chi connectivity index (χ1v) is 12.8. The average molecular weight is 525 g/mol. The number of hydrogen-bond donors (Lipinski definition) is 1. The molecule has 2 heterocycles. The van der Waals surface area contributed by atoms with Crippen LogP contribution < -0.4 is 10.1 Å². The number of aromatic nitrogens is 2. The Bertz CT molecular complexity index is 1360. The Hall–Kier alpha value is -3.39. The van der Waals surface area contributed by atoms with E-state index in [2.05, 4.69) is 24.3 Å². The molecule has 0 bridgehead atoms. The highest BCUT2D eigenvalue weighted by molar-refractivity contribution is 6.34. The molecular formula is C28H30ClFN4O3. The van der Waals surface area contributed by atoms with Crippen molar-refractivity contribution < 1.29 is 18.7 Å². The van der Waals surface area contributed by atoms with Crippen LogP contribution in [0.3, 0.4) is 0 Å². The average Bonchev–Trinajstić information content (AvgIpc) is 3.16. The van der Waals surface area contributed by atoms with Crippen molar-refractivity contribution >= 4 is 23.4 Å². The lowest BCUT2D eigenvalue weighted by Crippen LogP contribution is -2.38. The van der Waals surface area contributed by atoms with E-state index in [4.69, 9.17) is 16.3 Å². The number of carbonyl (C=O) groups is 2. The smallest absolute Gasteiger partial charge is 0.272 e. The van der Waals surface area contributed by atoms with Gasteiger partial charge in [-0.25, -0.2) is 4.39 Å². The minimum atomic E-state index is -0.388. The fraction of sp³-hybridized carbons (Fsp3) is 0.393. The standard InChI is InChI=1S/C28H30ClFN4O3/c1-15(2)9-18-12-24(33(3)32-18)28(36)34-13-21-22(14-34)26(21)31-27(35)19-7-5-16(10-23(19)29)20-11-17(30)6-8-25(20)37-4/h5-8,10-12,15,21-22,26H,9,13-14H2,1-4H3,(H,31,35)/t21-,22+,26?. The molecule has 1 saturated heterocycles. The van der Waals surface area contributed by atoms with Crippen LogP contribution in [-0.4, -0.2) is 52.7 Å². The van der Waals surface area contributed by atoms with E-state index in [0.29, 0.717) is 47.1 Å². The number of methoxy groups -OCH3 is 1. The van der Waals surface area contributed by atoms with Crippen LogP contribution in [0.1, 0.15) is 40.4 Å². The van der Waals surface area contributed by atoms with E-state index in [-0.39, 0.29) is 40.5 Å². The van der Waals surface area contributed by atoms with E-state index < -0.39 is 0 Å². The summed E-state index contributed by atoms with van der Waals surface area (Å²) in [5.74, 6) is 0.772. The molecule has 1 aliphatic carbocycles. The number of nitrogens with zero attached hydrogens (tertiary/aromatic N) is 3. The second-order valence-corrected chi connectivity index (χ2v) is 10.7. The fourth-order valence-corrected chi connectivity index (χ4v) is 5.58. The van der Waals surface area contributed by atoms with Gasteiger partial charge in [0.05, 0.1) is 23.4 Å². The number of halogens is 2. The molecule has 9 heteroatoms.